The highest BCUT2D eigenvalue weighted by atomic mass is 14.7. The van der Waals surface area contributed by atoms with E-state index in [1.165, 1.54) is 11.1 Å². The van der Waals surface area contributed by atoms with E-state index in [4.69, 9.17) is 5.73 Å². The molecule has 1 atom stereocenters. The molecule has 17 heavy (non-hydrogen) atoms. The topological polar surface area (TPSA) is 38.9 Å². The number of hydrogen-bond acceptors (Lipinski definition) is 2. The number of nitrogens with zero attached hydrogens (tertiary/aromatic N) is 1. The maximum Gasteiger partial charge on any atom is 0.0422 e. The summed E-state index contributed by atoms with van der Waals surface area (Å²) in [6.07, 6.45) is 3.62. The zero-order valence-corrected chi connectivity index (χ0v) is 10.1. The molecule has 2 heteroatoms. The molecule has 0 aliphatic rings. The number of aryl methyl sites for hydroxylation is 1. The third-order valence-electron chi connectivity index (χ3n) is 2.99. The number of benzene rings is 1. The molecule has 0 aliphatic heterocycles. The molecule has 2 N–H and O–H groups in total. The van der Waals surface area contributed by atoms with Crippen molar-refractivity contribution in [1.82, 2.24) is 4.98 Å². The Kier molecular flexibility index (Phi) is 3.89. The summed E-state index contributed by atoms with van der Waals surface area (Å²) in [7, 11) is 0. The fourth-order valence-electron chi connectivity index (χ4n) is 2.07. The fraction of sp³-hybridized carbons (Fsp3) is 0.267. The monoisotopic (exact) mass is 226 g/mol. The van der Waals surface area contributed by atoms with E-state index in [0.717, 1.165) is 18.5 Å². The minimum Gasteiger partial charge on any atom is -0.324 e. The van der Waals surface area contributed by atoms with Crippen LogP contribution in [0.4, 0.5) is 0 Å². The van der Waals surface area contributed by atoms with E-state index in [-0.39, 0.29) is 6.04 Å². The Balaban J connectivity index is 2.17. The average molecular weight is 226 g/mol. The van der Waals surface area contributed by atoms with E-state index in [9.17, 15) is 0 Å². The van der Waals surface area contributed by atoms with Crippen LogP contribution in [0.2, 0.25) is 0 Å². The van der Waals surface area contributed by atoms with E-state index in [1.54, 1.807) is 0 Å². The zero-order valence-electron chi connectivity index (χ0n) is 10.1. The first-order chi connectivity index (χ1) is 8.31. The second-order valence-electron chi connectivity index (χ2n) is 4.18. The summed E-state index contributed by atoms with van der Waals surface area (Å²) in [6, 6.07) is 14.4. The number of pyridine rings is 1. The quantitative estimate of drug-likeness (QED) is 0.870. The SMILES string of the molecule is CCc1ccccc1C(N)Cc1ccccn1. The maximum atomic E-state index is 6.26. The van der Waals surface area contributed by atoms with Gasteiger partial charge in [-0.3, -0.25) is 4.98 Å². The molecule has 88 valence electrons. The molecule has 0 bridgehead atoms. The van der Waals surface area contributed by atoms with Crippen LogP contribution in [0, 0.1) is 0 Å². The summed E-state index contributed by atoms with van der Waals surface area (Å²) in [5.74, 6) is 0. The molecule has 0 saturated heterocycles. The summed E-state index contributed by atoms with van der Waals surface area (Å²) in [6.45, 7) is 2.16. The van der Waals surface area contributed by atoms with Gasteiger partial charge >= 0.3 is 0 Å². The van der Waals surface area contributed by atoms with Gasteiger partial charge in [-0.25, -0.2) is 0 Å². The van der Waals surface area contributed by atoms with Gasteiger partial charge in [-0.2, -0.15) is 0 Å². The van der Waals surface area contributed by atoms with Gasteiger partial charge < -0.3 is 5.73 Å². The molecule has 1 aromatic carbocycles. The van der Waals surface area contributed by atoms with Crippen LogP contribution in [-0.2, 0) is 12.8 Å². The van der Waals surface area contributed by atoms with Crippen LogP contribution in [0.15, 0.2) is 48.7 Å². The Bertz CT molecular complexity index is 465. The third kappa shape index (κ3) is 2.92. The normalized spacial score (nSPS) is 12.4. The molecule has 0 fully saturated rings. The standard InChI is InChI=1S/C15H18N2/c1-2-12-7-3-4-9-14(12)15(16)11-13-8-5-6-10-17-13/h3-10,15H,2,11,16H2,1H3. The van der Waals surface area contributed by atoms with Gasteiger partial charge in [0.05, 0.1) is 0 Å². The van der Waals surface area contributed by atoms with Crippen LogP contribution in [0.3, 0.4) is 0 Å². The minimum absolute atomic E-state index is 0.0287. The molecule has 0 radical (unpaired) electrons. The van der Waals surface area contributed by atoms with E-state index in [1.807, 2.05) is 30.5 Å². The molecule has 1 heterocycles. The van der Waals surface area contributed by atoms with E-state index in [2.05, 4.69) is 30.1 Å². The predicted molar refractivity (Wildman–Crippen MR) is 70.7 cm³/mol. The summed E-state index contributed by atoms with van der Waals surface area (Å²) in [5, 5.41) is 0. The van der Waals surface area contributed by atoms with Crippen LogP contribution in [0.25, 0.3) is 0 Å². The molecular weight excluding hydrogens is 208 g/mol. The van der Waals surface area contributed by atoms with Crippen molar-refractivity contribution in [3.05, 3.63) is 65.5 Å². The van der Waals surface area contributed by atoms with Gasteiger partial charge in [-0.1, -0.05) is 37.3 Å². The van der Waals surface area contributed by atoms with Gasteiger partial charge in [-0.15, -0.1) is 0 Å². The van der Waals surface area contributed by atoms with E-state index in [0.29, 0.717) is 0 Å². The number of hydrogen-bond donors (Lipinski definition) is 1. The molecule has 0 saturated carbocycles. The molecule has 1 unspecified atom stereocenters. The Hall–Kier alpha value is -1.67. The van der Waals surface area contributed by atoms with Crippen molar-refractivity contribution < 1.29 is 0 Å². The molecule has 1 aromatic heterocycles. The molecule has 0 aliphatic carbocycles. The second kappa shape index (κ2) is 5.60. The van der Waals surface area contributed by atoms with Crippen molar-refractivity contribution in [2.75, 3.05) is 0 Å². The summed E-state index contributed by atoms with van der Waals surface area (Å²) in [5.41, 5.74) is 9.88. The van der Waals surface area contributed by atoms with Crippen molar-refractivity contribution in [2.45, 2.75) is 25.8 Å². The van der Waals surface area contributed by atoms with Crippen molar-refractivity contribution in [3.63, 3.8) is 0 Å². The van der Waals surface area contributed by atoms with E-state index >= 15 is 0 Å². The highest BCUT2D eigenvalue weighted by molar-refractivity contribution is 5.30. The zero-order chi connectivity index (χ0) is 12.1. The molecular formula is C15H18N2. The minimum atomic E-state index is 0.0287. The molecule has 2 aromatic rings. The van der Waals surface area contributed by atoms with Gasteiger partial charge in [0, 0.05) is 24.4 Å². The van der Waals surface area contributed by atoms with Crippen molar-refractivity contribution >= 4 is 0 Å². The van der Waals surface area contributed by atoms with Crippen LogP contribution in [-0.4, -0.2) is 4.98 Å². The Morgan fingerprint density at radius 3 is 2.59 bits per heavy atom. The Labute approximate surface area is 103 Å². The van der Waals surface area contributed by atoms with Gasteiger partial charge in [0.15, 0.2) is 0 Å². The highest BCUT2D eigenvalue weighted by Gasteiger charge is 2.10. The number of aromatic nitrogens is 1. The lowest BCUT2D eigenvalue weighted by molar-refractivity contribution is 0.698. The number of nitrogens with two attached hydrogens (primary N) is 1. The van der Waals surface area contributed by atoms with Gasteiger partial charge in [0.2, 0.25) is 0 Å². The summed E-state index contributed by atoms with van der Waals surface area (Å²) in [4.78, 5) is 4.32. The fourth-order valence-corrected chi connectivity index (χ4v) is 2.07. The first-order valence-corrected chi connectivity index (χ1v) is 6.04. The van der Waals surface area contributed by atoms with Crippen LogP contribution in [0.1, 0.15) is 29.8 Å². The van der Waals surface area contributed by atoms with Crippen LogP contribution < -0.4 is 5.73 Å². The van der Waals surface area contributed by atoms with Crippen LogP contribution >= 0.6 is 0 Å². The molecule has 2 rings (SSSR count). The highest BCUT2D eigenvalue weighted by Crippen LogP contribution is 2.19. The Morgan fingerprint density at radius 1 is 1.12 bits per heavy atom. The van der Waals surface area contributed by atoms with Crippen LogP contribution in [0.5, 0.6) is 0 Å². The second-order valence-corrected chi connectivity index (χ2v) is 4.18. The molecule has 2 nitrogen and oxygen atoms in total. The molecule has 0 spiro atoms. The lowest BCUT2D eigenvalue weighted by atomic mass is 9.96. The first kappa shape index (κ1) is 11.8. The third-order valence-corrected chi connectivity index (χ3v) is 2.99. The van der Waals surface area contributed by atoms with Gasteiger partial charge in [0.25, 0.3) is 0 Å². The maximum absolute atomic E-state index is 6.26. The van der Waals surface area contributed by atoms with Crippen molar-refractivity contribution in [1.29, 1.82) is 0 Å². The van der Waals surface area contributed by atoms with E-state index < -0.39 is 0 Å². The van der Waals surface area contributed by atoms with Gasteiger partial charge in [-0.05, 0) is 29.7 Å². The largest absolute Gasteiger partial charge is 0.324 e. The predicted octanol–water partition coefficient (Wildman–Crippen LogP) is 2.89. The smallest absolute Gasteiger partial charge is 0.0422 e. The Morgan fingerprint density at radius 2 is 1.88 bits per heavy atom. The lowest BCUT2D eigenvalue weighted by Gasteiger charge is -2.15. The summed E-state index contributed by atoms with van der Waals surface area (Å²) < 4.78 is 0. The van der Waals surface area contributed by atoms with Crippen molar-refractivity contribution in [3.8, 4) is 0 Å². The number of rotatable bonds is 4. The first-order valence-electron chi connectivity index (χ1n) is 6.04. The molecule has 0 amide bonds. The summed E-state index contributed by atoms with van der Waals surface area (Å²) >= 11 is 0. The average Bonchev–Trinajstić information content (AvgIpc) is 2.40. The van der Waals surface area contributed by atoms with Gasteiger partial charge in [0.1, 0.15) is 0 Å². The lowest BCUT2D eigenvalue weighted by Crippen LogP contribution is -2.15. The van der Waals surface area contributed by atoms with Crippen molar-refractivity contribution in [2.24, 2.45) is 5.73 Å².